The van der Waals surface area contributed by atoms with Crippen molar-refractivity contribution in [2.75, 3.05) is 37.2 Å². The van der Waals surface area contributed by atoms with E-state index in [1.807, 2.05) is 49.4 Å². The van der Waals surface area contributed by atoms with Crippen molar-refractivity contribution < 1.29 is 22.7 Å². The van der Waals surface area contributed by atoms with Crippen LogP contribution in [0.3, 0.4) is 0 Å². The standard InChI is InChI=1S/C33H35N3O5S/c1-26-10-16-32(17-11-26)42(38,39)36(29-12-14-31(15-13-29)41-30-8-3-2-4-9-30)25-33(37)34-23-27-6-5-7-28(22-27)24-35-18-20-40-21-19-35/h2-17,22H,18-21,23-25H2,1H3,(H,34,37). The summed E-state index contributed by atoms with van der Waals surface area (Å²) in [6.07, 6.45) is 0. The highest BCUT2D eigenvalue weighted by Crippen LogP contribution is 2.28. The lowest BCUT2D eigenvalue weighted by molar-refractivity contribution is -0.119. The Morgan fingerprint density at radius 3 is 2.24 bits per heavy atom. The first-order chi connectivity index (χ1) is 20.4. The van der Waals surface area contributed by atoms with Gasteiger partial charge in [-0.2, -0.15) is 0 Å². The molecule has 0 radical (unpaired) electrons. The molecule has 1 amide bonds. The molecular formula is C33H35N3O5S. The van der Waals surface area contributed by atoms with Gasteiger partial charge in [0.2, 0.25) is 5.91 Å². The second-order valence-electron chi connectivity index (χ2n) is 10.2. The van der Waals surface area contributed by atoms with Crippen LogP contribution in [0.1, 0.15) is 16.7 Å². The summed E-state index contributed by atoms with van der Waals surface area (Å²) in [7, 11) is -4.03. The van der Waals surface area contributed by atoms with Crippen molar-refractivity contribution >= 4 is 21.6 Å². The number of carbonyl (C=O) groups is 1. The summed E-state index contributed by atoms with van der Waals surface area (Å²) in [5, 5.41) is 2.90. The van der Waals surface area contributed by atoms with Gasteiger partial charge in [0.25, 0.3) is 10.0 Å². The van der Waals surface area contributed by atoms with Gasteiger partial charge in [-0.05, 0) is 66.6 Å². The number of nitrogens with one attached hydrogen (secondary N) is 1. The summed E-state index contributed by atoms with van der Waals surface area (Å²) in [5.41, 5.74) is 3.41. The average Bonchev–Trinajstić information content (AvgIpc) is 3.01. The van der Waals surface area contributed by atoms with E-state index in [0.717, 1.165) is 53.8 Å². The first kappa shape index (κ1) is 29.3. The number of ether oxygens (including phenoxy) is 2. The maximum absolute atomic E-state index is 13.8. The number of nitrogens with zero attached hydrogens (tertiary/aromatic N) is 2. The second kappa shape index (κ2) is 13.7. The highest BCUT2D eigenvalue weighted by Gasteiger charge is 2.27. The van der Waals surface area contributed by atoms with Crippen LogP contribution < -0.4 is 14.4 Å². The molecule has 0 spiro atoms. The number of carbonyl (C=O) groups excluding carboxylic acids is 1. The Kier molecular flexibility index (Phi) is 9.53. The Morgan fingerprint density at radius 2 is 1.52 bits per heavy atom. The molecular weight excluding hydrogens is 550 g/mol. The van der Waals surface area contributed by atoms with Gasteiger partial charge in [-0.15, -0.1) is 0 Å². The van der Waals surface area contributed by atoms with Crippen LogP contribution in [0.2, 0.25) is 0 Å². The molecule has 0 aromatic heterocycles. The van der Waals surface area contributed by atoms with E-state index < -0.39 is 15.9 Å². The van der Waals surface area contributed by atoms with Gasteiger partial charge in [-0.3, -0.25) is 14.0 Å². The van der Waals surface area contributed by atoms with Crippen molar-refractivity contribution in [2.45, 2.75) is 24.9 Å². The highest BCUT2D eigenvalue weighted by molar-refractivity contribution is 7.92. The number of rotatable bonds is 11. The Hall–Kier alpha value is -4.18. The zero-order valence-electron chi connectivity index (χ0n) is 23.6. The van der Waals surface area contributed by atoms with E-state index >= 15 is 0 Å². The van der Waals surface area contributed by atoms with E-state index in [-0.39, 0.29) is 18.0 Å². The molecule has 8 nitrogen and oxygen atoms in total. The second-order valence-corrected chi connectivity index (χ2v) is 12.1. The SMILES string of the molecule is Cc1ccc(S(=O)(=O)N(CC(=O)NCc2cccc(CN3CCOCC3)c2)c2ccc(Oc3ccccc3)cc2)cc1. The Bertz CT molecular complexity index is 1570. The van der Waals surface area contributed by atoms with Gasteiger partial charge in [0, 0.05) is 26.2 Å². The maximum atomic E-state index is 13.8. The summed E-state index contributed by atoms with van der Waals surface area (Å²) >= 11 is 0. The molecule has 5 rings (SSSR count). The zero-order chi connectivity index (χ0) is 29.4. The van der Waals surface area contributed by atoms with E-state index in [2.05, 4.69) is 22.3 Å². The number of benzene rings is 4. The quantitative estimate of drug-likeness (QED) is 0.263. The van der Waals surface area contributed by atoms with Gasteiger partial charge in [-0.25, -0.2) is 8.42 Å². The number of hydrogen-bond donors (Lipinski definition) is 1. The van der Waals surface area contributed by atoms with Gasteiger partial charge in [0.05, 0.1) is 23.8 Å². The summed E-state index contributed by atoms with van der Waals surface area (Å²) in [5.74, 6) is 0.815. The predicted molar refractivity (Wildman–Crippen MR) is 163 cm³/mol. The van der Waals surface area contributed by atoms with E-state index in [9.17, 15) is 13.2 Å². The van der Waals surface area contributed by atoms with Crippen LogP contribution in [-0.4, -0.2) is 52.1 Å². The normalized spacial score (nSPS) is 13.8. The molecule has 1 aliphatic heterocycles. The molecule has 0 atom stereocenters. The third-order valence-electron chi connectivity index (χ3n) is 6.99. The fourth-order valence-electron chi connectivity index (χ4n) is 4.70. The van der Waals surface area contributed by atoms with Gasteiger partial charge < -0.3 is 14.8 Å². The average molecular weight is 586 g/mol. The van der Waals surface area contributed by atoms with Gasteiger partial charge in [-0.1, -0.05) is 60.2 Å². The molecule has 0 unspecified atom stereocenters. The maximum Gasteiger partial charge on any atom is 0.264 e. The Morgan fingerprint density at radius 1 is 0.857 bits per heavy atom. The number of anilines is 1. The first-order valence-electron chi connectivity index (χ1n) is 13.9. The Labute approximate surface area is 247 Å². The number of sulfonamides is 1. The lowest BCUT2D eigenvalue weighted by Crippen LogP contribution is -2.40. The number of aryl methyl sites for hydroxylation is 1. The lowest BCUT2D eigenvalue weighted by atomic mass is 10.1. The topological polar surface area (TPSA) is 88.2 Å². The van der Waals surface area contributed by atoms with Crippen LogP contribution in [0.5, 0.6) is 11.5 Å². The number of morpholine rings is 1. The largest absolute Gasteiger partial charge is 0.457 e. The van der Waals surface area contributed by atoms with E-state index in [1.165, 1.54) is 0 Å². The molecule has 4 aromatic carbocycles. The molecule has 1 fully saturated rings. The smallest absolute Gasteiger partial charge is 0.264 e. The number of hydrogen-bond acceptors (Lipinski definition) is 6. The summed E-state index contributed by atoms with van der Waals surface area (Å²) in [4.78, 5) is 15.6. The molecule has 1 heterocycles. The Balaban J connectivity index is 1.30. The molecule has 1 N–H and O–H groups in total. The fourth-order valence-corrected chi connectivity index (χ4v) is 6.12. The van der Waals surface area contributed by atoms with Gasteiger partial charge >= 0.3 is 0 Å². The summed E-state index contributed by atoms with van der Waals surface area (Å²) in [6, 6.07) is 30.7. The minimum absolute atomic E-state index is 0.112. The number of para-hydroxylation sites is 1. The molecule has 4 aromatic rings. The molecule has 0 saturated carbocycles. The lowest BCUT2D eigenvalue weighted by Gasteiger charge is -2.26. The van der Waals surface area contributed by atoms with Crippen molar-refractivity contribution in [1.29, 1.82) is 0 Å². The highest BCUT2D eigenvalue weighted by atomic mass is 32.2. The minimum atomic E-state index is -4.03. The molecule has 0 aliphatic carbocycles. The third-order valence-corrected chi connectivity index (χ3v) is 8.78. The van der Waals surface area contributed by atoms with Gasteiger partial charge in [0.1, 0.15) is 18.0 Å². The van der Waals surface area contributed by atoms with E-state index in [0.29, 0.717) is 17.2 Å². The zero-order valence-corrected chi connectivity index (χ0v) is 24.4. The van der Waals surface area contributed by atoms with Gasteiger partial charge in [0.15, 0.2) is 0 Å². The van der Waals surface area contributed by atoms with Crippen LogP contribution in [0.25, 0.3) is 0 Å². The summed E-state index contributed by atoms with van der Waals surface area (Å²) < 4.78 is 40.0. The van der Waals surface area contributed by atoms with E-state index in [4.69, 9.17) is 9.47 Å². The molecule has 0 bridgehead atoms. The van der Waals surface area contributed by atoms with Crippen LogP contribution in [-0.2, 0) is 32.6 Å². The minimum Gasteiger partial charge on any atom is -0.457 e. The van der Waals surface area contributed by atoms with Crippen molar-refractivity contribution in [3.8, 4) is 11.5 Å². The van der Waals surface area contributed by atoms with Crippen molar-refractivity contribution in [3.63, 3.8) is 0 Å². The van der Waals surface area contributed by atoms with Crippen molar-refractivity contribution in [3.05, 3.63) is 120 Å². The first-order valence-corrected chi connectivity index (χ1v) is 15.4. The van der Waals surface area contributed by atoms with Crippen molar-refractivity contribution in [2.24, 2.45) is 0 Å². The molecule has 42 heavy (non-hydrogen) atoms. The predicted octanol–water partition coefficient (Wildman–Crippen LogP) is 5.13. The van der Waals surface area contributed by atoms with Crippen molar-refractivity contribution in [1.82, 2.24) is 10.2 Å². The molecule has 1 saturated heterocycles. The fraction of sp³-hybridized carbons (Fsp3) is 0.242. The van der Waals surface area contributed by atoms with Crippen LogP contribution >= 0.6 is 0 Å². The third kappa shape index (κ3) is 7.76. The van der Waals surface area contributed by atoms with Crippen LogP contribution in [0, 0.1) is 6.92 Å². The van der Waals surface area contributed by atoms with Crippen LogP contribution in [0.15, 0.2) is 108 Å². The molecule has 1 aliphatic rings. The number of amides is 1. The molecule has 218 valence electrons. The summed E-state index contributed by atoms with van der Waals surface area (Å²) in [6.45, 7) is 5.89. The molecule has 9 heteroatoms. The van der Waals surface area contributed by atoms with E-state index in [1.54, 1.807) is 48.5 Å². The monoisotopic (exact) mass is 585 g/mol. The van der Waals surface area contributed by atoms with Crippen LogP contribution in [0.4, 0.5) is 5.69 Å².